The van der Waals surface area contributed by atoms with E-state index in [4.69, 9.17) is 0 Å². The smallest absolute Gasteiger partial charge is 0.160 e. The third kappa shape index (κ3) is 5.20. The van der Waals surface area contributed by atoms with Crippen LogP contribution in [-0.4, -0.2) is 46.0 Å². The SMILES string of the molecule is CC(C)c1nnc2ccc(Sc3ccccc3C(O)(CO)c3ccccc3Sc3ccc4nnc(C(C)C)n4c3)cn12. The lowest BCUT2D eigenvalue weighted by molar-refractivity contribution is 0.0130. The Kier molecular flexibility index (Phi) is 7.80. The van der Waals surface area contributed by atoms with Crippen LogP contribution in [0, 0.1) is 0 Å². The molecule has 0 radical (unpaired) electrons. The summed E-state index contributed by atoms with van der Waals surface area (Å²) in [6, 6.07) is 23.3. The van der Waals surface area contributed by atoms with Crippen molar-refractivity contribution in [3.63, 3.8) is 0 Å². The molecule has 0 spiro atoms. The number of hydrogen-bond acceptors (Lipinski definition) is 8. The van der Waals surface area contributed by atoms with Crippen molar-refractivity contribution in [3.8, 4) is 0 Å². The van der Waals surface area contributed by atoms with Crippen LogP contribution >= 0.6 is 23.5 Å². The van der Waals surface area contributed by atoms with Crippen molar-refractivity contribution < 1.29 is 10.2 Å². The largest absolute Gasteiger partial charge is 0.393 e. The van der Waals surface area contributed by atoms with Crippen molar-refractivity contribution in [1.82, 2.24) is 29.2 Å². The summed E-state index contributed by atoms with van der Waals surface area (Å²) < 4.78 is 4.02. The van der Waals surface area contributed by atoms with E-state index in [2.05, 4.69) is 48.1 Å². The molecule has 0 bridgehead atoms. The summed E-state index contributed by atoms with van der Waals surface area (Å²) in [5.41, 5.74) is 1.21. The molecule has 0 aliphatic heterocycles. The molecule has 0 amide bonds. The van der Waals surface area contributed by atoms with E-state index < -0.39 is 12.2 Å². The van der Waals surface area contributed by atoms with Gasteiger partial charge in [-0.3, -0.25) is 8.80 Å². The second kappa shape index (κ2) is 11.5. The van der Waals surface area contributed by atoms with E-state index in [1.54, 1.807) is 0 Å². The molecule has 4 heterocycles. The van der Waals surface area contributed by atoms with Gasteiger partial charge in [0.15, 0.2) is 11.3 Å². The minimum Gasteiger partial charge on any atom is -0.393 e. The zero-order chi connectivity index (χ0) is 29.4. The maximum absolute atomic E-state index is 12.3. The Bertz CT molecular complexity index is 1750. The molecule has 10 heteroatoms. The Morgan fingerprint density at radius 1 is 0.643 bits per heavy atom. The molecule has 8 nitrogen and oxygen atoms in total. The predicted octanol–water partition coefficient (Wildman–Crippen LogP) is 6.55. The van der Waals surface area contributed by atoms with Crippen LogP contribution < -0.4 is 0 Å². The Balaban J connectivity index is 1.38. The topological polar surface area (TPSA) is 101 Å². The molecule has 0 saturated heterocycles. The summed E-state index contributed by atoms with van der Waals surface area (Å²) in [6.45, 7) is 7.89. The summed E-state index contributed by atoms with van der Waals surface area (Å²) in [6.07, 6.45) is 4.06. The van der Waals surface area contributed by atoms with Gasteiger partial charge in [-0.1, -0.05) is 87.6 Å². The third-order valence-electron chi connectivity index (χ3n) is 7.19. The van der Waals surface area contributed by atoms with Gasteiger partial charge >= 0.3 is 0 Å². The van der Waals surface area contributed by atoms with Gasteiger partial charge in [0.1, 0.15) is 17.2 Å². The van der Waals surface area contributed by atoms with Crippen LogP contribution in [0.1, 0.15) is 62.3 Å². The van der Waals surface area contributed by atoms with E-state index in [1.807, 2.05) is 94.0 Å². The van der Waals surface area contributed by atoms with Crippen LogP contribution in [0.4, 0.5) is 0 Å². The molecule has 42 heavy (non-hydrogen) atoms. The minimum absolute atomic E-state index is 0.226. The van der Waals surface area contributed by atoms with Crippen LogP contribution in [0.5, 0.6) is 0 Å². The van der Waals surface area contributed by atoms with Crippen molar-refractivity contribution in [2.75, 3.05) is 6.61 Å². The van der Waals surface area contributed by atoms with Crippen LogP contribution in [0.2, 0.25) is 0 Å². The average Bonchev–Trinajstić information content (AvgIpc) is 3.61. The molecule has 214 valence electrons. The third-order valence-corrected chi connectivity index (χ3v) is 9.29. The lowest BCUT2D eigenvalue weighted by atomic mass is 9.87. The molecule has 0 saturated carbocycles. The van der Waals surface area contributed by atoms with Gasteiger partial charge in [-0.15, -0.1) is 20.4 Å². The molecule has 2 N–H and O–H groups in total. The molecule has 6 rings (SSSR count). The molecule has 0 aliphatic carbocycles. The number of aliphatic hydroxyl groups is 2. The van der Waals surface area contributed by atoms with E-state index >= 15 is 0 Å². The Hall–Kier alpha value is -3.70. The first kappa shape index (κ1) is 28.4. The summed E-state index contributed by atoms with van der Waals surface area (Å²) >= 11 is 3.07. The minimum atomic E-state index is -1.64. The van der Waals surface area contributed by atoms with Gasteiger partial charge in [0.25, 0.3) is 0 Å². The fourth-order valence-electron chi connectivity index (χ4n) is 5.05. The molecule has 0 unspecified atom stereocenters. The molecule has 4 aromatic heterocycles. The number of benzene rings is 2. The molecule has 2 aromatic carbocycles. The molecule has 0 fully saturated rings. The second-order valence-electron chi connectivity index (χ2n) is 10.8. The number of fused-ring (bicyclic) bond motifs is 2. The molecule has 0 atom stereocenters. The van der Waals surface area contributed by atoms with E-state index in [1.165, 1.54) is 23.5 Å². The molecular formula is C32H32N6O2S2. The van der Waals surface area contributed by atoms with E-state index in [0.717, 1.165) is 42.5 Å². The summed E-state index contributed by atoms with van der Waals surface area (Å²) in [5, 5.41) is 40.3. The quantitative estimate of drug-likeness (QED) is 0.194. The number of aromatic nitrogens is 6. The highest BCUT2D eigenvalue weighted by atomic mass is 32.2. The monoisotopic (exact) mass is 596 g/mol. The summed E-state index contributed by atoms with van der Waals surface area (Å²) in [4.78, 5) is 3.64. The van der Waals surface area contributed by atoms with Gasteiger partial charge in [-0.05, 0) is 36.4 Å². The van der Waals surface area contributed by atoms with Crippen molar-refractivity contribution in [2.24, 2.45) is 0 Å². The first-order valence-electron chi connectivity index (χ1n) is 13.9. The van der Waals surface area contributed by atoms with Gasteiger partial charge in [0, 0.05) is 54.9 Å². The van der Waals surface area contributed by atoms with Gasteiger partial charge in [-0.2, -0.15) is 0 Å². The highest BCUT2D eigenvalue weighted by Gasteiger charge is 2.35. The van der Waals surface area contributed by atoms with Gasteiger partial charge in [0.05, 0.1) is 6.61 Å². The van der Waals surface area contributed by atoms with Crippen molar-refractivity contribution in [3.05, 3.63) is 108 Å². The van der Waals surface area contributed by atoms with Gasteiger partial charge in [0.2, 0.25) is 0 Å². The fourth-order valence-corrected chi connectivity index (χ4v) is 7.13. The van der Waals surface area contributed by atoms with Crippen molar-refractivity contribution >= 4 is 34.8 Å². The fraction of sp³-hybridized carbons (Fsp3) is 0.250. The van der Waals surface area contributed by atoms with Crippen molar-refractivity contribution in [1.29, 1.82) is 0 Å². The van der Waals surface area contributed by atoms with E-state index in [9.17, 15) is 10.2 Å². The molecular weight excluding hydrogens is 565 g/mol. The zero-order valence-corrected chi connectivity index (χ0v) is 25.5. The Labute approximate surface area is 252 Å². The van der Waals surface area contributed by atoms with Gasteiger partial charge < -0.3 is 10.2 Å². The highest BCUT2D eigenvalue weighted by Crippen LogP contribution is 2.43. The number of nitrogens with zero attached hydrogens (tertiary/aromatic N) is 6. The molecule has 0 aliphatic rings. The number of pyridine rings is 2. The summed E-state index contributed by atoms with van der Waals surface area (Å²) in [7, 11) is 0. The maximum Gasteiger partial charge on any atom is 0.160 e. The first-order valence-corrected chi connectivity index (χ1v) is 15.5. The molecule has 6 aromatic rings. The number of hydrogen-bond donors (Lipinski definition) is 2. The average molecular weight is 597 g/mol. The predicted molar refractivity (Wildman–Crippen MR) is 165 cm³/mol. The lowest BCUT2D eigenvalue weighted by Gasteiger charge is -2.31. The van der Waals surface area contributed by atoms with E-state index in [-0.39, 0.29) is 11.8 Å². The standard InChI is InChI=1S/C32H32N6O2S2/c1-20(2)30-35-33-28-15-13-22(17-37(28)30)41-26-11-7-5-9-24(26)32(40,19-39)25-10-6-8-12-27(25)42-23-14-16-29-34-36-31(21(3)4)38(29)18-23/h5-18,20-21,39-40H,19H2,1-4H3. The van der Waals surface area contributed by atoms with E-state index in [0.29, 0.717) is 11.1 Å². The van der Waals surface area contributed by atoms with Crippen LogP contribution in [0.15, 0.2) is 105 Å². The lowest BCUT2D eigenvalue weighted by Crippen LogP contribution is -2.33. The first-order chi connectivity index (χ1) is 20.3. The van der Waals surface area contributed by atoms with Crippen LogP contribution in [0.25, 0.3) is 11.3 Å². The maximum atomic E-state index is 12.3. The Morgan fingerprint density at radius 3 is 1.48 bits per heavy atom. The normalized spacial score (nSPS) is 12.3. The number of rotatable bonds is 9. The van der Waals surface area contributed by atoms with Crippen LogP contribution in [-0.2, 0) is 5.60 Å². The number of aliphatic hydroxyl groups excluding tert-OH is 1. The summed E-state index contributed by atoms with van der Waals surface area (Å²) in [5.74, 6) is 2.24. The Morgan fingerprint density at radius 2 is 1.07 bits per heavy atom. The highest BCUT2D eigenvalue weighted by molar-refractivity contribution is 7.99. The van der Waals surface area contributed by atoms with Gasteiger partial charge in [-0.25, -0.2) is 0 Å². The zero-order valence-electron chi connectivity index (χ0n) is 23.8. The van der Waals surface area contributed by atoms with Crippen molar-refractivity contribution in [2.45, 2.75) is 64.7 Å². The second-order valence-corrected chi connectivity index (χ2v) is 13.1. The van der Waals surface area contributed by atoms with Crippen LogP contribution in [0.3, 0.4) is 0 Å².